The van der Waals surface area contributed by atoms with Gasteiger partial charge in [-0.05, 0) is 30.7 Å². The number of rotatable bonds is 3. The van der Waals surface area contributed by atoms with Gasteiger partial charge in [-0.3, -0.25) is 0 Å². The Morgan fingerprint density at radius 1 is 1.22 bits per heavy atom. The number of benzene rings is 1. The lowest BCUT2D eigenvalue weighted by Gasteiger charge is -2.16. The predicted molar refractivity (Wildman–Crippen MR) is 61.7 cm³/mol. The maximum Gasteiger partial charge on any atom is 0.416 e. The summed E-state index contributed by atoms with van der Waals surface area (Å²) < 4.78 is 62.7. The van der Waals surface area contributed by atoms with E-state index in [-0.39, 0.29) is 17.0 Å². The van der Waals surface area contributed by atoms with E-state index in [1.54, 1.807) is 6.92 Å². The zero-order valence-electron chi connectivity index (χ0n) is 10.2. The van der Waals surface area contributed by atoms with Crippen LogP contribution in [0.3, 0.4) is 0 Å². The van der Waals surface area contributed by atoms with Gasteiger partial charge in [0.1, 0.15) is 0 Å². The molecule has 0 aliphatic heterocycles. The molecule has 0 bridgehead atoms. The minimum Gasteiger partial charge on any atom is -0.207 e. The molecular weight excluding hydrogens is 267 g/mol. The summed E-state index contributed by atoms with van der Waals surface area (Å²) in [5, 5.41) is 0. The molecule has 18 heavy (non-hydrogen) atoms. The quantitative estimate of drug-likeness (QED) is 0.854. The Morgan fingerprint density at radius 3 is 2.22 bits per heavy atom. The van der Waals surface area contributed by atoms with E-state index in [1.165, 1.54) is 20.0 Å². The molecule has 3 nitrogen and oxygen atoms in total. The number of sulfonamides is 1. The number of halogens is 3. The fourth-order valence-corrected chi connectivity index (χ4v) is 2.72. The van der Waals surface area contributed by atoms with Gasteiger partial charge in [-0.2, -0.15) is 13.2 Å². The Balaban J connectivity index is 3.40. The molecule has 1 aromatic carbocycles. The lowest BCUT2D eigenvalue weighted by Crippen LogP contribution is -2.27. The van der Waals surface area contributed by atoms with E-state index in [0.717, 1.165) is 10.4 Å². The van der Waals surface area contributed by atoms with Gasteiger partial charge < -0.3 is 0 Å². The van der Waals surface area contributed by atoms with Crippen molar-refractivity contribution >= 4 is 10.0 Å². The lowest BCUT2D eigenvalue weighted by atomic mass is 10.1. The van der Waals surface area contributed by atoms with Gasteiger partial charge in [0.05, 0.1) is 10.5 Å². The van der Waals surface area contributed by atoms with E-state index in [9.17, 15) is 21.6 Å². The third kappa shape index (κ3) is 3.02. The third-order valence-electron chi connectivity index (χ3n) is 2.53. The molecule has 0 saturated heterocycles. The first-order chi connectivity index (χ1) is 8.09. The molecule has 0 unspecified atom stereocenters. The second-order valence-corrected chi connectivity index (χ2v) is 6.00. The van der Waals surface area contributed by atoms with Crippen molar-refractivity contribution in [2.75, 3.05) is 13.6 Å². The van der Waals surface area contributed by atoms with Gasteiger partial charge in [-0.15, -0.1) is 0 Å². The molecule has 102 valence electrons. The first-order valence-corrected chi connectivity index (χ1v) is 6.68. The summed E-state index contributed by atoms with van der Waals surface area (Å²) in [7, 11) is -2.54. The Morgan fingerprint density at radius 2 is 1.78 bits per heavy atom. The fourth-order valence-electron chi connectivity index (χ4n) is 1.41. The number of nitrogens with zero attached hydrogens (tertiary/aromatic N) is 1. The maximum absolute atomic E-state index is 12.6. The number of hydrogen-bond acceptors (Lipinski definition) is 2. The average molecular weight is 281 g/mol. The van der Waals surface area contributed by atoms with Crippen molar-refractivity contribution in [3.05, 3.63) is 29.3 Å². The minimum absolute atomic E-state index is 0.192. The van der Waals surface area contributed by atoms with Crippen LogP contribution in [0.15, 0.2) is 23.1 Å². The zero-order valence-corrected chi connectivity index (χ0v) is 11.1. The van der Waals surface area contributed by atoms with E-state index in [4.69, 9.17) is 0 Å². The van der Waals surface area contributed by atoms with Gasteiger partial charge in [-0.1, -0.05) is 6.92 Å². The van der Waals surface area contributed by atoms with Crippen LogP contribution < -0.4 is 0 Å². The highest BCUT2D eigenvalue weighted by Gasteiger charge is 2.32. The molecular formula is C11H14F3NO2S. The summed E-state index contributed by atoms with van der Waals surface area (Å²) in [5.74, 6) is 0. The third-order valence-corrected chi connectivity index (χ3v) is 4.44. The molecule has 0 aliphatic rings. The fraction of sp³-hybridized carbons (Fsp3) is 0.455. The van der Waals surface area contributed by atoms with Crippen molar-refractivity contribution in [1.82, 2.24) is 4.31 Å². The van der Waals surface area contributed by atoms with E-state index in [0.29, 0.717) is 6.07 Å². The van der Waals surface area contributed by atoms with Crippen molar-refractivity contribution in [1.29, 1.82) is 0 Å². The van der Waals surface area contributed by atoms with E-state index in [2.05, 4.69) is 0 Å². The molecule has 0 saturated carbocycles. The monoisotopic (exact) mass is 281 g/mol. The highest BCUT2D eigenvalue weighted by Crippen LogP contribution is 2.32. The molecule has 1 rings (SSSR count). The Hall–Kier alpha value is -1.08. The van der Waals surface area contributed by atoms with E-state index in [1.807, 2.05) is 0 Å². The van der Waals surface area contributed by atoms with Crippen molar-refractivity contribution in [2.45, 2.75) is 24.9 Å². The smallest absolute Gasteiger partial charge is 0.207 e. The topological polar surface area (TPSA) is 37.4 Å². The van der Waals surface area contributed by atoms with Crippen LogP contribution >= 0.6 is 0 Å². The summed E-state index contributed by atoms with van der Waals surface area (Å²) in [4.78, 5) is -0.334. The molecule has 0 fully saturated rings. The van der Waals surface area contributed by atoms with Gasteiger partial charge in [-0.25, -0.2) is 12.7 Å². The Kier molecular flexibility index (Phi) is 4.07. The van der Waals surface area contributed by atoms with Crippen LogP contribution in [0, 0.1) is 6.92 Å². The second-order valence-electron chi connectivity index (χ2n) is 3.95. The maximum atomic E-state index is 12.6. The van der Waals surface area contributed by atoms with Gasteiger partial charge in [0.2, 0.25) is 10.0 Å². The standard InChI is InChI=1S/C11H14F3NO2S/c1-4-15(3)18(16,17)10-6-8(2)5-9(7-10)11(12,13)14/h5-7H,4H2,1-3H3. The second kappa shape index (κ2) is 4.89. The Labute approximate surface area is 104 Å². The van der Waals surface area contributed by atoms with Crippen LogP contribution in [-0.4, -0.2) is 26.3 Å². The first kappa shape index (κ1) is 15.0. The van der Waals surface area contributed by atoms with Crippen LogP contribution in [0.2, 0.25) is 0 Å². The first-order valence-electron chi connectivity index (χ1n) is 5.24. The molecule has 0 aliphatic carbocycles. The number of hydrogen-bond donors (Lipinski definition) is 0. The predicted octanol–water partition coefficient (Wildman–Crippen LogP) is 2.65. The van der Waals surface area contributed by atoms with E-state index < -0.39 is 21.8 Å². The molecule has 0 heterocycles. The zero-order chi connectivity index (χ0) is 14.1. The summed E-state index contributed by atoms with van der Waals surface area (Å²) in [5.41, 5.74) is -0.696. The molecule has 1 aromatic rings. The number of alkyl halides is 3. The van der Waals surface area contributed by atoms with Crippen LogP contribution in [0.25, 0.3) is 0 Å². The lowest BCUT2D eigenvalue weighted by molar-refractivity contribution is -0.137. The molecule has 0 radical (unpaired) electrons. The van der Waals surface area contributed by atoms with Crippen molar-refractivity contribution in [3.63, 3.8) is 0 Å². The largest absolute Gasteiger partial charge is 0.416 e. The van der Waals surface area contributed by atoms with Crippen LogP contribution in [0.1, 0.15) is 18.1 Å². The van der Waals surface area contributed by atoms with Crippen molar-refractivity contribution in [2.24, 2.45) is 0 Å². The average Bonchev–Trinajstić information content (AvgIpc) is 2.25. The molecule has 0 amide bonds. The summed E-state index contributed by atoms with van der Waals surface area (Å²) >= 11 is 0. The molecule has 0 N–H and O–H groups in total. The number of aryl methyl sites for hydroxylation is 1. The molecule has 0 aromatic heterocycles. The van der Waals surface area contributed by atoms with Gasteiger partial charge >= 0.3 is 6.18 Å². The molecule has 0 atom stereocenters. The van der Waals surface area contributed by atoms with Crippen LogP contribution in [0.5, 0.6) is 0 Å². The summed E-state index contributed by atoms with van der Waals surface area (Å²) in [6.45, 7) is 3.23. The summed E-state index contributed by atoms with van der Waals surface area (Å²) in [6, 6.07) is 2.82. The van der Waals surface area contributed by atoms with Gasteiger partial charge in [0.25, 0.3) is 0 Å². The highest BCUT2D eigenvalue weighted by molar-refractivity contribution is 7.89. The Bertz CT molecular complexity index is 538. The molecule has 0 spiro atoms. The normalized spacial score (nSPS) is 13.1. The SMILES string of the molecule is CCN(C)S(=O)(=O)c1cc(C)cc(C(F)(F)F)c1. The van der Waals surface area contributed by atoms with E-state index >= 15 is 0 Å². The van der Waals surface area contributed by atoms with Gasteiger partial charge in [0, 0.05) is 13.6 Å². The highest BCUT2D eigenvalue weighted by atomic mass is 32.2. The molecule has 7 heteroatoms. The van der Waals surface area contributed by atoms with Crippen molar-refractivity contribution in [3.8, 4) is 0 Å². The van der Waals surface area contributed by atoms with Crippen LogP contribution in [-0.2, 0) is 16.2 Å². The summed E-state index contributed by atoms with van der Waals surface area (Å²) in [6.07, 6.45) is -4.55. The van der Waals surface area contributed by atoms with Crippen molar-refractivity contribution < 1.29 is 21.6 Å². The van der Waals surface area contributed by atoms with Gasteiger partial charge in [0.15, 0.2) is 0 Å². The minimum atomic E-state index is -4.55. The van der Waals surface area contributed by atoms with Crippen LogP contribution in [0.4, 0.5) is 13.2 Å².